The van der Waals surface area contributed by atoms with Gasteiger partial charge in [-0.15, -0.1) is 0 Å². The van der Waals surface area contributed by atoms with E-state index in [0.29, 0.717) is 0 Å². The Morgan fingerprint density at radius 1 is 0.947 bits per heavy atom. The summed E-state index contributed by atoms with van der Waals surface area (Å²) < 4.78 is 15.6. The first kappa shape index (κ1) is 16.2. The van der Waals surface area contributed by atoms with Crippen LogP contribution in [0.25, 0.3) is 0 Å². The molecule has 1 aromatic carbocycles. The van der Waals surface area contributed by atoms with Gasteiger partial charge in [-0.1, -0.05) is 47.6 Å². The standard InChI is InChI=1S/C14H23O4P/c1-13(2,3)11-8-7-10(18-19(15,16)17)9-12(11)14(4,5)6/h7-9H,1-6H3,(H2,15,16,17). The lowest BCUT2D eigenvalue weighted by Gasteiger charge is -2.30. The Kier molecular flexibility index (Phi) is 4.21. The summed E-state index contributed by atoms with van der Waals surface area (Å²) in [4.78, 5) is 17.8. The summed E-state index contributed by atoms with van der Waals surface area (Å²) in [7, 11) is -4.52. The van der Waals surface area contributed by atoms with Crippen molar-refractivity contribution < 1.29 is 18.9 Å². The highest BCUT2D eigenvalue weighted by molar-refractivity contribution is 7.46. The second-order valence-corrected chi connectivity index (χ2v) is 7.95. The second kappa shape index (κ2) is 4.93. The first-order valence-corrected chi connectivity index (χ1v) is 7.74. The highest BCUT2D eigenvalue weighted by Gasteiger charge is 2.26. The fraction of sp³-hybridized carbons (Fsp3) is 0.571. The molecule has 0 aliphatic rings. The fourth-order valence-electron chi connectivity index (χ4n) is 1.99. The highest BCUT2D eigenvalue weighted by atomic mass is 31.2. The Hall–Kier alpha value is -0.830. The van der Waals surface area contributed by atoms with E-state index < -0.39 is 7.82 Å². The molecule has 0 spiro atoms. The van der Waals surface area contributed by atoms with E-state index >= 15 is 0 Å². The smallest absolute Gasteiger partial charge is 0.404 e. The molecule has 0 aromatic heterocycles. The maximum atomic E-state index is 10.9. The van der Waals surface area contributed by atoms with Gasteiger partial charge in [-0.2, -0.15) is 0 Å². The Balaban J connectivity index is 3.36. The molecule has 0 unspecified atom stereocenters. The van der Waals surface area contributed by atoms with Crippen LogP contribution in [0.2, 0.25) is 0 Å². The number of phosphoric ester groups is 1. The first-order chi connectivity index (χ1) is 8.31. The molecular weight excluding hydrogens is 263 g/mol. The average Bonchev–Trinajstić information content (AvgIpc) is 2.11. The molecule has 5 heteroatoms. The van der Waals surface area contributed by atoms with E-state index in [1.54, 1.807) is 12.1 Å². The van der Waals surface area contributed by atoms with Crippen LogP contribution >= 0.6 is 7.82 Å². The van der Waals surface area contributed by atoms with E-state index in [0.717, 1.165) is 11.1 Å². The van der Waals surface area contributed by atoms with Crippen LogP contribution in [-0.2, 0) is 15.4 Å². The van der Waals surface area contributed by atoms with Crippen molar-refractivity contribution in [3.05, 3.63) is 29.3 Å². The van der Waals surface area contributed by atoms with Crippen molar-refractivity contribution in [1.82, 2.24) is 0 Å². The van der Waals surface area contributed by atoms with Crippen LogP contribution in [0.15, 0.2) is 18.2 Å². The normalized spacial score (nSPS) is 13.5. The molecule has 0 amide bonds. The van der Waals surface area contributed by atoms with Gasteiger partial charge in [-0.25, -0.2) is 4.57 Å². The molecule has 0 saturated heterocycles. The van der Waals surface area contributed by atoms with Crippen molar-refractivity contribution in [2.75, 3.05) is 0 Å². The average molecular weight is 286 g/mol. The molecule has 1 aromatic rings. The van der Waals surface area contributed by atoms with E-state index in [1.165, 1.54) is 0 Å². The predicted molar refractivity (Wildman–Crippen MR) is 76.5 cm³/mol. The largest absolute Gasteiger partial charge is 0.524 e. The minimum Gasteiger partial charge on any atom is -0.404 e. The van der Waals surface area contributed by atoms with Gasteiger partial charge < -0.3 is 4.52 Å². The third kappa shape index (κ3) is 4.64. The third-order valence-electron chi connectivity index (χ3n) is 2.83. The van der Waals surface area contributed by atoms with Gasteiger partial charge >= 0.3 is 7.82 Å². The summed E-state index contributed by atoms with van der Waals surface area (Å²) in [6.45, 7) is 12.5. The monoisotopic (exact) mass is 286 g/mol. The molecule has 4 nitrogen and oxygen atoms in total. The van der Waals surface area contributed by atoms with Crippen LogP contribution < -0.4 is 4.52 Å². The van der Waals surface area contributed by atoms with Crippen LogP contribution in [0.4, 0.5) is 0 Å². The van der Waals surface area contributed by atoms with Crippen molar-refractivity contribution in [1.29, 1.82) is 0 Å². The summed E-state index contributed by atoms with van der Waals surface area (Å²) >= 11 is 0. The van der Waals surface area contributed by atoms with Crippen molar-refractivity contribution in [3.8, 4) is 5.75 Å². The number of benzene rings is 1. The molecule has 108 valence electrons. The van der Waals surface area contributed by atoms with Crippen LogP contribution in [0, 0.1) is 0 Å². The van der Waals surface area contributed by atoms with Crippen LogP contribution in [0.1, 0.15) is 52.7 Å². The zero-order valence-electron chi connectivity index (χ0n) is 12.4. The summed E-state index contributed by atoms with van der Waals surface area (Å²) in [5.41, 5.74) is 2.02. The van der Waals surface area contributed by atoms with Crippen molar-refractivity contribution in [3.63, 3.8) is 0 Å². The molecule has 0 fully saturated rings. The molecule has 19 heavy (non-hydrogen) atoms. The fourth-order valence-corrected chi connectivity index (χ4v) is 2.38. The molecule has 0 aliphatic carbocycles. The van der Waals surface area contributed by atoms with Crippen molar-refractivity contribution in [2.24, 2.45) is 0 Å². The summed E-state index contributed by atoms with van der Waals surface area (Å²) in [5, 5.41) is 0. The minimum atomic E-state index is -4.52. The maximum absolute atomic E-state index is 10.9. The molecule has 0 atom stereocenters. The van der Waals surface area contributed by atoms with Crippen LogP contribution in [0.3, 0.4) is 0 Å². The van der Waals surface area contributed by atoms with Crippen molar-refractivity contribution in [2.45, 2.75) is 52.4 Å². The number of phosphoric acid groups is 1. The van der Waals surface area contributed by atoms with Gasteiger partial charge in [0.15, 0.2) is 0 Å². The molecule has 2 N–H and O–H groups in total. The lowest BCUT2D eigenvalue weighted by Crippen LogP contribution is -2.21. The summed E-state index contributed by atoms with van der Waals surface area (Å²) in [5.74, 6) is 0.200. The summed E-state index contributed by atoms with van der Waals surface area (Å²) in [6.07, 6.45) is 0. The quantitative estimate of drug-likeness (QED) is 0.812. The zero-order valence-corrected chi connectivity index (χ0v) is 13.3. The maximum Gasteiger partial charge on any atom is 0.524 e. The topological polar surface area (TPSA) is 66.8 Å². The first-order valence-electron chi connectivity index (χ1n) is 6.21. The number of hydrogen-bond acceptors (Lipinski definition) is 2. The molecule has 0 aliphatic heterocycles. The third-order valence-corrected chi connectivity index (χ3v) is 3.28. The second-order valence-electron chi connectivity index (χ2n) is 6.79. The Labute approximate surface area is 115 Å². The Morgan fingerprint density at radius 2 is 1.42 bits per heavy atom. The van der Waals surface area contributed by atoms with E-state index in [1.807, 2.05) is 6.07 Å². The molecule has 0 heterocycles. The van der Waals surface area contributed by atoms with E-state index in [4.69, 9.17) is 9.79 Å². The SMILES string of the molecule is CC(C)(C)c1ccc(OP(=O)(O)O)cc1C(C)(C)C. The van der Waals surface area contributed by atoms with E-state index in [2.05, 4.69) is 46.1 Å². The Morgan fingerprint density at radius 3 is 1.79 bits per heavy atom. The Bertz CT molecular complexity index is 503. The number of rotatable bonds is 2. The molecular formula is C14H23O4P. The van der Waals surface area contributed by atoms with Gasteiger partial charge in [-0.05, 0) is 34.1 Å². The van der Waals surface area contributed by atoms with Crippen LogP contribution in [0.5, 0.6) is 5.75 Å². The van der Waals surface area contributed by atoms with Gasteiger partial charge in [0.2, 0.25) is 0 Å². The van der Waals surface area contributed by atoms with Gasteiger partial charge in [0.05, 0.1) is 0 Å². The number of hydrogen-bond donors (Lipinski definition) is 2. The summed E-state index contributed by atoms with van der Waals surface area (Å²) in [6, 6.07) is 5.21. The van der Waals surface area contributed by atoms with Crippen molar-refractivity contribution >= 4 is 7.82 Å². The molecule has 0 bridgehead atoms. The molecule has 0 saturated carbocycles. The van der Waals surface area contributed by atoms with E-state index in [9.17, 15) is 4.57 Å². The minimum absolute atomic E-state index is 0.0384. The molecule has 1 rings (SSSR count). The van der Waals surface area contributed by atoms with Gasteiger partial charge in [0, 0.05) is 0 Å². The lowest BCUT2D eigenvalue weighted by molar-refractivity contribution is 0.283. The zero-order chi connectivity index (χ0) is 15.1. The highest BCUT2D eigenvalue weighted by Crippen LogP contribution is 2.41. The van der Waals surface area contributed by atoms with E-state index in [-0.39, 0.29) is 16.6 Å². The molecule has 0 radical (unpaired) electrons. The van der Waals surface area contributed by atoms with Gasteiger partial charge in [-0.3, -0.25) is 9.79 Å². The predicted octanol–water partition coefficient (Wildman–Crippen LogP) is 3.75. The van der Waals surface area contributed by atoms with Crippen LogP contribution in [-0.4, -0.2) is 9.79 Å². The van der Waals surface area contributed by atoms with Gasteiger partial charge in [0.1, 0.15) is 5.75 Å². The lowest BCUT2D eigenvalue weighted by atomic mass is 9.75. The van der Waals surface area contributed by atoms with Gasteiger partial charge in [0.25, 0.3) is 0 Å².